The number of nitrogens with zero attached hydrogens (tertiary/aromatic N) is 5. The Morgan fingerprint density at radius 1 is 1.15 bits per heavy atom. The predicted molar refractivity (Wildman–Crippen MR) is 128 cm³/mol. The summed E-state index contributed by atoms with van der Waals surface area (Å²) in [6, 6.07) is 16.4. The van der Waals surface area contributed by atoms with Gasteiger partial charge < -0.3 is 4.40 Å². The maximum absolute atomic E-state index is 13.0. The van der Waals surface area contributed by atoms with Crippen LogP contribution in [0.4, 0.5) is 0 Å². The number of hydrogen-bond donors (Lipinski definition) is 0. The quantitative estimate of drug-likeness (QED) is 0.450. The molecule has 0 amide bonds. The molecule has 4 aromatic rings. The van der Waals surface area contributed by atoms with Crippen LogP contribution in [0.1, 0.15) is 36.0 Å². The minimum Gasteiger partial charge on any atom is -0.306 e. The lowest BCUT2D eigenvalue weighted by molar-refractivity contribution is -0.121. The topological polar surface area (TPSA) is 83.9 Å². The van der Waals surface area contributed by atoms with E-state index in [0.29, 0.717) is 5.82 Å². The first-order valence-corrected chi connectivity index (χ1v) is 11.6. The third kappa shape index (κ3) is 2.80. The van der Waals surface area contributed by atoms with Crippen LogP contribution in [0.2, 0.25) is 0 Å². The lowest BCUT2D eigenvalue weighted by Crippen LogP contribution is -2.48. The predicted octanol–water partition coefficient (Wildman–Crippen LogP) is 4.62. The van der Waals surface area contributed by atoms with Crippen LogP contribution in [0.3, 0.4) is 0 Å². The molecular formula is C28H23N5O. The number of fused-ring (bicyclic) bond motifs is 4. The van der Waals surface area contributed by atoms with Crippen LogP contribution < -0.4 is 0 Å². The molecule has 0 bridgehead atoms. The van der Waals surface area contributed by atoms with Gasteiger partial charge in [-0.2, -0.15) is 5.26 Å². The van der Waals surface area contributed by atoms with Gasteiger partial charge in [-0.15, -0.1) is 0 Å². The summed E-state index contributed by atoms with van der Waals surface area (Å²) in [7, 11) is 0. The molecule has 0 spiro atoms. The molecule has 166 valence electrons. The lowest BCUT2D eigenvalue weighted by atomic mass is 9.54. The molecule has 0 N–H and O–H groups in total. The fraction of sp³-hybridized carbons (Fsp3) is 0.250. The smallest absolute Gasteiger partial charge is 0.176 e. The van der Waals surface area contributed by atoms with E-state index in [9.17, 15) is 10.1 Å². The van der Waals surface area contributed by atoms with Crippen molar-refractivity contribution in [3.63, 3.8) is 0 Å². The molecule has 34 heavy (non-hydrogen) atoms. The van der Waals surface area contributed by atoms with Crippen molar-refractivity contribution in [2.45, 2.75) is 32.1 Å². The molecule has 0 saturated heterocycles. The fourth-order valence-corrected chi connectivity index (χ4v) is 5.96. The number of Topliss-reactive ketones (excluding diaryl/α,β-unsaturated/α-hetero) is 1. The van der Waals surface area contributed by atoms with Gasteiger partial charge in [0.2, 0.25) is 0 Å². The van der Waals surface area contributed by atoms with Gasteiger partial charge in [0.15, 0.2) is 5.78 Å². The Bertz CT molecular complexity index is 1530. The first-order valence-electron chi connectivity index (χ1n) is 11.6. The molecule has 1 aromatic carbocycles. The lowest BCUT2D eigenvalue weighted by Gasteiger charge is -2.48. The van der Waals surface area contributed by atoms with Gasteiger partial charge >= 0.3 is 0 Å². The third-order valence-electron chi connectivity index (χ3n) is 7.49. The Labute approximate surface area is 197 Å². The van der Waals surface area contributed by atoms with Crippen molar-refractivity contribution >= 4 is 11.4 Å². The SMILES string of the molecule is Cc1nc(-c2ccc3nccn3c2)c2c(n1)[C@@]1(c3ccccc3)C=C(C#N)C(=O)[C@@H](C)[C@@H]1CC2. The number of rotatable bonds is 2. The average Bonchev–Trinajstić information content (AvgIpc) is 3.34. The summed E-state index contributed by atoms with van der Waals surface area (Å²) >= 11 is 0. The number of imidazole rings is 1. The summed E-state index contributed by atoms with van der Waals surface area (Å²) < 4.78 is 1.99. The zero-order valence-electron chi connectivity index (χ0n) is 19.1. The molecule has 0 unspecified atom stereocenters. The van der Waals surface area contributed by atoms with E-state index in [4.69, 9.17) is 9.97 Å². The van der Waals surface area contributed by atoms with E-state index < -0.39 is 5.41 Å². The van der Waals surface area contributed by atoms with E-state index in [1.807, 2.05) is 54.8 Å². The summed E-state index contributed by atoms with van der Waals surface area (Å²) in [6.07, 6.45) is 9.24. The van der Waals surface area contributed by atoms with E-state index in [0.717, 1.165) is 46.6 Å². The Morgan fingerprint density at radius 3 is 2.76 bits per heavy atom. The highest BCUT2D eigenvalue weighted by molar-refractivity contribution is 6.02. The minimum atomic E-state index is -0.658. The van der Waals surface area contributed by atoms with E-state index in [1.165, 1.54) is 0 Å². The van der Waals surface area contributed by atoms with Crippen LogP contribution in [-0.4, -0.2) is 25.1 Å². The Kier molecular flexibility index (Phi) is 4.50. The summed E-state index contributed by atoms with van der Waals surface area (Å²) in [5.41, 5.74) is 5.40. The number of aryl methyl sites for hydroxylation is 1. The number of aromatic nitrogens is 4. The van der Waals surface area contributed by atoms with Crippen LogP contribution in [0.15, 0.2) is 72.7 Å². The van der Waals surface area contributed by atoms with Crippen molar-refractivity contribution in [3.05, 3.63) is 95.3 Å². The second kappa shape index (κ2) is 7.46. The third-order valence-corrected chi connectivity index (χ3v) is 7.49. The summed E-state index contributed by atoms with van der Waals surface area (Å²) in [6.45, 7) is 3.87. The van der Waals surface area contributed by atoms with Crippen molar-refractivity contribution in [1.29, 1.82) is 5.26 Å². The highest BCUT2D eigenvalue weighted by Crippen LogP contribution is 2.54. The first-order chi connectivity index (χ1) is 16.5. The van der Waals surface area contributed by atoms with E-state index in [-0.39, 0.29) is 23.2 Å². The van der Waals surface area contributed by atoms with Gasteiger partial charge in [-0.25, -0.2) is 15.0 Å². The van der Waals surface area contributed by atoms with Gasteiger partial charge in [0.1, 0.15) is 17.5 Å². The largest absolute Gasteiger partial charge is 0.306 e. The first kappa shape index (κ1) is 20.5. The maximum atomic E-state index is 13.0. The second-order valence-corrected chi connectivity index (χ2v) is 9.26. The fourth-order valence-electron chi connectivity index (χ4n) is 5.96. The number of ketones is 1. The molecule has 3 aromatic heterocycles. The summed E-state index contributed by atoms with van der Waals surface area (Å²) in [5, 5.41) is 9.87. The number of hydrogen-bond acceptors (Lipinski definition) is 5. The zero-order chi connectivity index (χ0) is 23.4. The van der Waals surface area contributed by atoms with Crippen molar-refractivity contribution in [2.75, 3.05) is 0 Å². The van der Waals surface area contributed by atoms with Gasteiger partial charge in [0.05, 0.1) is 22.4 Å². The molecule has 3 atom stereocenters. The van der Waals surface area contributed by atoms with Crippen molar-refractivity contribution in [1.82, 2.24) is 19.4 Å². The molecule has 0 radical (unpaired) electrons. The number of carbonyl (C=O) groups excluding carboxylic acids is 1. The van der Waals surface area contributed by atoms with Crippen LogP contribution in [-0.2, 0) is 16.6 Å². The van der Waals surface area contributed by atoms with Crippen LogP contribution in [0, 0.1) is 30.1 Å². The van der Waals surface area contributed by atoms with Gasteiger partial charge in [0.25, 0.3) is 0 Å². The molecule has 2 aliphatic carbocycles. The zero-order valence-corrected chi connectivity index (χ0v) is 19.1. The monoisotopic (exact) mass is 445 g/mol. The maximum Gasteiger partial charge on any atom is 0.176 e. The number of nitriles is 1. The molecule has 0 saturated carbocycles. The van der Waals surface area contributed by atoms with Gasteiger partial charge in [0, 0.05) is 35.6 Å². The van der Waals surface area contributed by atoms with Crippen LogP contribution >= 0.6 is 0 Å². The second-order valence-electron chi connectivity index (χ2n) is 9.26. The van der Waals surface area contributed by atoms with Crippen LogP contribution in [0.5, 0.6) is 0 Å². The molecular weight excluding hydrogens is 422 g/mol. The van der Waals surface area contributed by atoms with Crippen molar-refractivity contribution in [3.8, 4) is 17.3 Å². The number of allylic oxidation sites excluding steroid dienone is 2. The molecule has 0 aliphatic heterocycles. The van der Waals surface area contributed by atoms with Crippen molar-refractivity contribution < 1.29 is 4.79 Å². The van der Waals surface area contributed by atoms with Gasteiger partial charge in [-0.05, 0) is 49.5 Å². The molecule has 6 heteroatoms. The Hall–Kier alpha value is -4.11. The number of pyridine rings is 1. The molecule has 6 rings (SSSR count). The summed E-state index contributed by atoms with van der Waals surface area (Å²) in [5.74, 6) is 0.352. The average molecular weight is 446 g/mol. The molecule has 2 aliphatic rings. The summed E-state index contributed by atoms with van der Waals surface area (Å²) in [4.78, 5) is 27.3. The van der Waals surface area contributed by atoms with E-state index in [2.05, 4.69) is 35.4 Å². The van der Waals surface area contributed by atoms with E-state index in [1.54, 1.807) is 6.20 Å². The van der Waals surface area contributed by atoms with Crippen LogP contribution in [0.25, 0.3) is 16.9 Å². The van der Waals surface area contributed by atoms with Gasteiger partial charge in [-0.3, -0.25) is 4.79 Å². The van der Waals surface area contributed by atoms with Crippen molar-refractivity contribution in [2.24, 2.45) is 11.8 Å². The highest BCUT2D eigenvalue weighted by atomic mass is 16.1. The molecule has 6 nitrogen and oxygen atoms in total. The number of carbonyl (C=O) groups is 1. The molecule has 0 fully saturated rings. The normalized spacial score (nSPS) is 23.7. The van der Waals surface area contributed by atoms with E-state index >= 15 is 0 Å². The Balaban J connectivity index is 1.68. The Morgan fingerprint density at radius 2 is 1.97 bits per heavy atom. The highest BCUT2D eigenvalue weighted by Gasteiger charge is 2.53. The standard InChI is InChI=1S/C28H23N5O/c1-17-23-10-9-22-25(19-8-11-24-30-12-13-33(24)16-19)31-18(2)32-27(22)28(23,14-20(15-29)26(17)34)21-6-4-3-5-7-21/h3-8,11-14,16-17,23H,9-10H2,1-2H3/t17-,23-,28+/m0/s1. The van der Waals surface area contributed by atoms with Gasteiger partial charge in [-0.1, -0.05) is 37.3 Å². The minimum absolute atomic E-state index is 0.0188. The number of benzene rings is 1. The molecule has 3 heterocycles.